The number of nitrogens with zero attached hydrogens (tertiary/aromatic N) is 3. The van der Waals surface area contributed by atoms with Gasteiger partial charge in [-0.3, -0.25) is 9.59 Å². The van der Waals surface area contributed by atoms with Crippen LogP contribution in [0.2, 0.25) is 5.02 Å². The Labute approximate surface area is 224 Å². The second kappa shape index (κ2) is 11.6. The molecule has 2 aromatic rings. The van der Waals surface area contributed by atoms with Gasteiger partial charge in [-0.1, -0.05) is 23.7 Å². The number of carboxylic acids is 1. The van der Waals surface area contributed by atoms with Gasteiger partial charge in [0.2, 0.25) is 0 Å². The second-order valence-electron chi connectivity index (χ2n) is 9.14. The van der Waals surface area contributed by atoms with Crippen molar-refractivity contribution in [1.29, 1.82) is 0 Å². The molecule has 0 aliphatic carbocycles. The Hall–Kier alpha value is -4.02. The molecule has 3 amide bonds. The second-order valence-corrected chi connectivity index (χ2v) is 9.58. The first kappa shape index (κ1) is 27.0. The van der Waals surface area contributed by atoms with Crippen molar-refractivity contribution < 1.29 is 24.3 Å². The molecular weight excluding hydrogens is 510 g/mol. The number of aliphatic carboxylic acids is 1. The van der Waals surface area contributed by atoms with Crippen LogP contribution in [0.4, 0.5) is 10.5 Å². The van der Waals surface area contributed by atoms with E-state index in [4.69, 9.17) is 11.6 Å². The minimum Gasteiger partial charge on any atom is -0.478 e. The fraction of sp³-hybridized carbons (Fsp3) is 0.296. The van der Waals surface area contributed by atoms with E-state index >= 15 is 0 Å². The van der Waals surface area contributed by atoms with Crippen LogP contribution in [0.25, 0.3) is 0 Å². The summed E-state index contributed by atoms with van der Waals surface area (Å²) >= 11 is 6.14. The molecule has 0 aromatic heterocycles. The molecule has 0 spiro atoms. The summed E-state index contributed by atoms with van der Waals surface area (Å²) in [5, 5.41) is 21.5. The number of benzene rings is 2. The lowest BCUT2D eigenvalue weighted by Gasteiger charge is -2.37. The van der Waals surface area contributed by atoms with Crippen LogP contribution in [0.5, 0.6) is 0 Å². The van der Waals surface area contributed by atoms with Gasteiger partial charge in [0.15, 0.2) is 5.78 Å². The van der Waals surface area contributed by atoms with Crippen LogP contribution in [0.15, 0.2) is 64.9 Å². The number of halogens is 1. The van der Waals surface area contributed by atoms with Crippen LogP contribution in [-0.4, -0.2) is 59.0 Å². The topological polar surface area (TPSA) is 131 Å². The average Bonchev–Trinajstić information content (AvgIpc) is 3.21. The number of anilines is 1. The van der Waals surface area contributed by atoms with E-state index in [0.29, 0.717) is 34.8 Å². The van der Waals surface area contributed by atoms with Gasteiger partial charge in [0.05, 0.1) is 30.3 Å². The van der Waals surface area contributed by atoms with Crippen LogP contribution in [0.1, 0.15) is 48.7 Å². The van der Waals surface area contributed by atoms with Crippen molar-refractivity contribution in [3.05, 3.63) is 76.0 Å². The number of rotatable bonds is 10. The smallest absolute Gasteiger partial charge is 0.335 e. The molecule has 0 radical (unpaired) electrons. The third-order valence-electron chi connectivity index (χ3n) is 6.33. The van der Waals surface area contributed by atoms with Crippen molar-refractivity contribution in [1.82, 2.24) is 15.5 Å². The van der Waals surface area contributed by atoms with Crippen molar-refractivity contribution >= 4 is 46.7 Å². The molecule has 2 aliphatic rings. The summed E-state index contributed by atoms with van der Waals surface area (Å²) in [7, 11) is 0. The molecule has 1 unspecified atom stereocenters. The molecule has 0 fully saturated rings. The van der Waals surface area contributed by atoms with Gasteiger partial charge < -0.3 is 20.6 Å². The number of carbonyl (C=O) groups is 4. The molecule has 10 nitrogen and oxygen atoms in total. The summed E-state index contributed by atoms with van der Waals surface area (Å²) < 4.78 is 0. The van der Waals surface area contributed by atoms with Crippen LogP contribution >= 0.6 is 11.6 Å². The van der Waals surface area contributed by atoms with Crippen molar-refractivity contribution in [2.75, 3.05) is 24.6 Å². The number of carboxylic acid groups (broad SMARTS) is 1. The first-order valence-corrected chi connectivity index (χ1v) is 12.5. The van der Waals surface area contributed by atoms with Gasteiger partial charge in [-0.15, -0.1) is 0 Å². The Bertz CT molecular complexity index is 1340. The highest BCUT2D eigenvalue weighted by molar-refractivity contribution is 6.30. The standard InChI is InChI=1S/C27H28ClN5O5/c1-16-13-23(35)33(31-16)21-9-7-18(8-10-21)22(34)15-29-11-4-12-32-25(19-5-3-6-20(28)14-19)24(26(36)37)17(2)30-27(32)38/h3,5-10,14,25,29H,4,11-13,15H2,1-2H3,(H,30,38)(H,36,37). The van der Waals surface area contributed by atoms with E-state index in [0.717, 1.165) is 5.71 Å². The highest BCUT2D eigenvalue weighted by Crippen LogP contribution is 2.34. The Kier molecular flexibility index (Phi) is 8.23. The summed E-state index contributed by atoms with van der Waals surface area (Å²) in [4.78, 5) is 50.9. The van der Waals surface area contributed by atoms with Crippen molar-refractivity contribution in [3.63, 3.8) is 0 Å². The van der Waals surface area contributed by atoms with Gasteiger partial charge in [0, 0.05) is 28.5 Å². The molecular formula is C27H28ClN5O5. The van der Waals surface area contributed by atoms with E-state index in [1.807, 2.05) is 0 Å². The number of hydrogen-bond donors (Lipinski definition) is 3. The first-order valence-electron chi connectivity index (χ1n) is 12.1. The van der Waals surface area contributed by atoms with E-state index in [-0.39, 0.29) is 42.5 Å². The molecule has 0 bridgehead atoms. The quantitative estimate of drug-likeness (QED) is 0.312. The van der Waals surface area contributed by atoms with Crippen LogP contribution in [-0.2, 0) is 9.59 Å². The predicted molar refractivity (Wildman–Crippen MR) is 143 cm³/mol. The zero-order valence-electron chi connectivity index (χ0n) is 21.0. The largest absolute Gasteiger partial charge is 0.478 e. The summed E-state index contributed by atoms with van der Waals surface area (Å²) in [6.45, 7) is 4.12. The number of ketones is 1. The molecule has 2 heterocycles. The number of amides is 3. The van der Waals surface area contributed by atoms with E-state index < -0.39 is 18.0 Å². The maximum Gasteiger partial charge on any atom is 0.335 e. The highest BCUT2D eigenvalue weighted by Gasteiger charge is 2.37. The van der Waals surface area contributed by atoms with Gasteiger partial charge in [-0.2, -0.15) is 5.10 Å². The maximum absolute atomic E-state index is 12.8. The third kappa shape index (κ3) is 5.92. The van der Waals surface area contributed by atoms with Gasteiger partial charge in [-0.05, 0) is 68.8 Å². The molecule has 198 valence electrons. The van der Waals surface area contributed by atoms with E-state index in [1.165, 1.54) is 9.91 Å². The minimum atomic E-state index is -1.12. The van der Waals surface area contributed by atoms with Crippen molar-refractivity contribution in [2.45, 2.75) is 32.7 Å². The summed E-state index contributed by atoms with van der Waals surface area (Å²) in [6, 6.07) is 12.3. The fourth-order valence-corrected chi connectivity index (χ4v) is 4.73. The lowest BCUT2D eigenvalue weighted by Crippen LogP contribution is -2.49. The van der Waals surface area contributed by atoms with Gasteiger partial charge in [0.25, 0.3) is 5.91 Å². The van der Waals surface area contributed by atoms with Crippen LogP contribution in [0, 0.1) is 0 Å². The highest BCUT2D eigenvalue weighted by atomic mass is 35.5. The summed E-state index contributed by atoms with van der Waals surface area (Å²) in [6.07, 6.45) is 0.772. The van der Waals surface area contributed by atoms with Crippen LogP contribution < -0.4 is 15.6 Å². The van der Waals surface area contributed by atoms with E-state index in [1.54, 1.807) is 62.4 Å². The monoisotopic (exact) mass is 537 g/mol. The molecule has 0 saturated heterocycles. The maximum atomic E-state index is 12.8. The number of nitrogens with one attached hydrogen (secondary N) is 2. The number of hydrazone groups is 1. The molecule has 3 N–H and O–H groups in total. The molecule has 38 heavy (non-hydrogen) atoms. The summed E-state index contributed by atoms with van der Waals surface area (Å²) in [5.41, 5.74) is 2.81. The van der Waals surface area contributed by atoms with Gasteiger partial charge >= 0.3 is 12.0 Å². The van der Waals surface area contributed by atoms with Crippen LogP contribution in [0.3, 0.4) is 0 Å². The van der Waals surface area contributed by atoms with E-state index in [2.05, 4.69) is 15.7 Å². The summed E-state index contributed by atoms with van der Waals surface area (Å²) in [5.74, 6) is -1.35. The molecule has 0 saturated carbocycles. The first-order chi connectivity index (χ1) is 18.2. The number of hydrogen-bond acceptors (Lipinski definition) is 6. The average molecular weight is 538 g/mol. The number of allylic oxidation sites excluding steroid dienone is 1. The SMILES string of the molecule is CC1=NN(c2ccc(C(=O)CNCCCN3C(=O)NC(C)=C(C(=O)O)C3c3cccc(Cl)c3)cc2)C(=O)C1. The molecule has 11 heteroatoms. The molecule has 4 rings (SSSR count). The molecule has 1 atom stereocenters. The predicted octanol–water partition coefficient (Wildman–Crippen LogP) is 3.74. The van der Waals surface area contributed by atoms with Crippen molar-refractivity contribution in [3.8, 4) is 0 Å². The molecule has 2 aromatic carbocycles. The Morgan fingerprint density at radius 1 is 1.16 bits per heavy atom. The molecule has 2 aliphatic heterocycles. The number of Topliss-reactive ketones (excluding diaryl/α,β-unsaturated/α-hetero) is 1. The third-order valence-corrected chi connectivity index (χ3v) is 6.56. The normalized spacial score (nSPS) is 17.6. The lowest BCUT2D eigenvalue weighted by atomic mass is 9.93. The van der Waals surface area contributed by atoms with Gasteiger partial charge in [-0.25, -0.2) is 14.6 Å². The number of carbonyl (C=O) groups excluding carboxylic acids is 3. The van der Waals surface area contributed by atoms with E-state index in [9.17, 15) is 24.3 Å². The zero-order valence-corrected chi connectivity index (χ0v) is 21.8. The Morgan fingerprint density at radius 3 is 2.53 bits per heavy atom. The lowest BCUT2D eigenvalue weighted by molar-refractivity contribution is -0.133. The van der Waals surface area contributed by atoms with Gasteiger partial charge in [0.1, 0.15) is 0 Å². The number of urea groups is 1. The fourth-order valence-electron chi connectivity index (χ4n) is 4.53. The Morgan fingerprint density at radius 2 is 1.89 bits per heavy atom. The van der Waals surface area contributed by atoms with Crippen molar-refractivity contribution in [2.24, 2.45) is 5.10 Å². The Balaban J connectivity index is 1.34. The zero-order chi connectivity index (χ0) is 27.4. The minimum absolute atomic E-state index is 0.0786.